The number of fused-ring (bicyclic) bond motifs is 1. The van der Waals surface area contributed by atoms with E-state index in [0.29, 0.717) is 17.1 Å². The highest BCUT2D eigenvalue weighted by Gasteiger charge is 2.32. The summed E-state index contributed by atoms with van der Waals surface area (Å²) in [4.78, 5) is 21.3. The van der Waals surface area contributed by atoms with E-state index in [-0.39, 0.29) is 22.6 Å². The van der Waals surface area contributed by atoms with Crippen molar-refractivity contribution in [3.63, 3.8) is 0 Å². The Labute approximate surface area is 157 Å². The van der Waals surface area contributed by atoms with Crippen LogP contribution in [0, 0.1) is 5.92 Å². The molecule has 2 heterocycles. The molecule has 9 heteroatoms. The van der Waals surface area contributed by atoms with Gasteiger partial charge in [0.25, 0.3) is 10.0 Å². The molecule has 0 unspecified atom stereocenters. The van der Waals surface area contributed by atoms with Crippen molar-refractivity contribution >= 4 is 27.5 Å². The molecule has 1 aromatic heterocycles. The van der Waals surface area contributed by atoms with Crippen molar-refractivity contribution in [2.75, 3.05) is 12.4 Å². The molecule has 2 N–H and O–H groups in total. The van der Waals surface area contributed by atoms with Crippen LogP contribution in [-0.2, 0) is 14.8 Å². The van der Waals surface area contributed by atoms with E-state index in [1.807, 2.05) is 13.8 Å². The molecular formula is C18H20N4O4S. The maximum absolute atomic E-state index is 12.7. The Morgan fingerprint density at radius 2 is 1.96 bits per heavy atom. The first-order chi connectivity index (χ1) is 12.8. The molecule has 1 atom stereocenters. The van der Waals surface area contributed by atoms with Gasteiger partial charge in [0.2, 0.25) is 11.8 Å². The topological polar surface area (TPSA) is 110 Å². The number of nitrogens with zero attached hydrogens (tertiary/aromatic N) is 2. The molecule has 1 aliphatic rings. The van der Waals surface area contributed by atoms with Gasteiger partial charge in [0.05, 0.1) is 23.9 Å². The number of benzene rings is 1. The van der Waals surface area contributed by atoms with E-state index < -0.39 is 16.1 Å². The molecule has 0 fully saturated rings. The lowest BCUT2D eigenvalue weighted by atomic mass is 10.0. The summed E-state index contributed by atoms with van der Waals surface area (Å²) in [7, 11) is -2.15. The average Bonchev–Trinajstić information content (AvgIpc) is 2.90. The summed E-state index contributed by atoms with van der Waals surface area (Å²) < 4.78 is 31.9. The zero-order chi connectivity index (χ0) is 19.6. The standard InChI is InChI=1S/C18H20N4O4S/c1-11(2)16(18(23)20-12-8-9-15(26-3)19-10-12)21-17-13-6-4-5-7-14(13)27(24,25)22-17/h4-11,16H,1-3H3,(H,20,23)(H,21,22)/t16-/m0/s1. The fraction of sp³-hybridized carbons (Fsp3) is 0.278. The highest BCUT2D eigenvalue weighted by Crippen LogP contribution is 2.24. The minimum absolute atomic E-state index is 0.152. The second kappa shape index (κ2) is 7.36. The van der Waals surface area contributed by atoms with Gasteiger partial charge in [-0.25, -0.2) is 13.4 Å². The van der Waals surface area contributed by atoms with Crippen molar-refractivity contribution in [2.24, 2.45) is 10.9 Å². The van der Waals surface area contributed by atoms with Crippen LogP contribution in [0.25, 0.3) is 0 Å². The van der Waals surface area contributed by atoms with Gasteiger partial charge in [-0.15, -0.1) is 0 Å². The number of hydrogen-bond acceptors (Lipinski definition) is 6. The molecule has 27 heavy (non-hydrogen) atoms. The predicted molar refractivity (Wildman–Crippen MR) is 101 cm³/mol. The van der Waals surface area contributed by atoms with Gasteiger partial charge in [-0.2, -0.15) is 0 Å². The first kappa shape index (κ1) is 18.8. The number of aromatic nitrogens is 1. The Morgan fingerprint density at radius 3 is 2.59 bits per heavy atom. The Kier molecular flexibility index (Phi) is 5.13. The summed E-state index contributed by atoms with van der Waals surface area (Å²) in [6.45, 7) is 3.69. The highest BCUT2D eigenvalue weighted by atomic mass is 32.2. The summed E-state index contributed by atoms with van der Waals surface area (Å²) in [5.74, 6) is 0.104. The summed E-state index contributed by atoms with van der Waals surface area (Å²) in [5, 5.41) is 2.75. The van der Waals surface area contributed by atoms with Gasteiger partial charge >= 0.3 is 0 Å². The number of anilines is 1. The lowest BCUT2D eigenvalue weighted by Crippen LogP contribution is -2.34. The number of rotatable bonds is 5. The van der Waals surface area contributed by atoms with E-state index in [4.69, 9.17) is 4.74 Å². The van der Waals surface area contributed by atoms with Gasteiger partial charge in [-0.05, 0) is 24.1 Å². The Hall–Kier alpha value is -2.94. The summed E-state index contributed by atoms with van der Waals surface area (Å²) in [6, 6.07) is 9.06. The number of carbonyl (C=O) groups excluding carboxylic acids is 1. The van der Waals surface area contributed by atoms with Crippen molar-refractivity contribution in [3.8, 4) is 5.88 Å². The molecule has 1 amide bonds. The van der Waals surface area contributed by atoms with Crippen LogP contribution in [-0.4, -0.2) is 38.3 Å². The molecule has 0 saturated heterocycles. The fourth-order valence-corrected chi connectivity index (χ4v) is 3.91. The SMILES string of the molecule is COc1ccc(NC(=O)[C@@H](N=C2NS(=O)(=O)c3ccccc32)C(C)C)cn1. The van der Waals surface area contributed by atoms with Crippen LogP contribution in [0.1, 0.15) is 19.4 Å². The summed E-state index contributed by atoms with van der Waals surface area (Å²) >= 11 is 0. The molecule has 0 radical (unpaired) electrons. The van der Waals surface area contributed by atoms with E-state index in [2.05, 4.69) is 20.0 Å². The van der Waals surface area contributed by atoms with Gasteiger partial charge < -0.3 is 10.1 Å². The molecular weight excluding hydrogens is 368 g/mol. The number of methoxy groups -OCH3 is 1. The van der Waals surface area contributed by atoms with Crippen LogP contribution in [0.4, 0.5) is 5.69 Å². The Balaban J connectivity index is 1.88. The van der Waals surface area contributed by atoms with Crippen molar-refractivity contribution in [3.05, 3.63) is 48.2 Å². The molecule has 0 aliphatic carbocycles. The summed E-state index contributed by atoms with van der Waals surface area (Å²) in [6.07, 6.45) is 1.48. The molecule has 0 spiro atoms. The van der Waals surface area contributed by atoms with Gasteiger partial charge in [0.1, 0.15) is 11.9 Å². The first-order valence-corrected chi connectivity index (χ1v) is 9.81. The van der Waals surface area contributed by atoms with Crippen molar-refractivity contribution in [1.82, 2.24) is 9.71 Å². The zero-order valence-corrected chi connectivity index (χ0v) is 15.9. The number of aliphatic imine (C=N–C) groups is 1. The van der Waals surface area contributed by atoms with Crippen molar-refractivity contribution < 1.29 is 17.9 Å². The highest BCUT2D eigenvalue weighted by molar-refractivity contribution is 7.90. The summed E-state index contributed by atoms with van der Waals surface area (Å²) in [5.41, 5.74) is 0.959. The quantitative estimate of drug-likeness (QED) is 0.811. The molecule has 0 bridgehead atoms. The van der Waals surface area contributed by atoms with Crippen molar-refractivity contribution in [2.45, 2.75) is 24.8 Å². The molecule has 3 rings (SSSR count). The zero-order valence-electron chi connectivity index (χ0n) is 15.1. The van der Waals surface area contributed by atoms with Crippen LogP contribution in [0.3, 0.4) is 0 Å². The molecule has 142 valence electrons. The number of pyridine rings is 1. The van der Waals surface area contributed by atoms with Gasteiger partial charge in [-0.1, -0.05) is 26.0 Å². The predicted octanol–water partition coefficient (Wildman–Crippen LogP) is 1.79. The molecule has 2 aromatic rings. The number of hydrogen-bond donors (Lipinski definition) is 2. The average molecular weight is 388 g/mol. The number of nitrogens with one attached hydrogen (secondary N) is 2. The number of sulfonamides is 1. The van der Waals surface area contributed by atoms with Gasteiger partial charge in [-0.3, -0.25) is 14.5 Å². The second-order valence-corrected chi connectivity index (χ2v) is 8.00. The Morgan fingerprint density at radius 1 is 1.22 bits per heavy atom. The lowest BCUT2D eigenvalue weighted by molar-refractivity contribution is -0.118. The van der Waals surface area contributed by atoms with Crippen LogP contribution >= 0.6 is 0 Å². The van der Waals surface area contributed by atoms with Crippen LogP contribution < -0.4 is 14.8 Å². The third-order valence-electron chi connectivity index (χ3n) is 4.04. The van der Waals surface area contributed by atoms with E-state index in [0.717, 1.165) is 0 Å². The van der Waals surface area contributed by atoms with Gasteiger partial charge in [0, 0.05) is 11.6 Å². The van der Waals surface area contributed by atoms with E-state index in [1.165, 1.54) is 19.4 Å². The number of amides is 1. The lowest BCUT2D eigenvalue weighted by Gasteiger charge is -2.17. The third kappa shape index (κ3) is 3.92. The third-order valence-corrected chi connectivity index (χ3v) is 5.44. The second-order valence-electron chi connectivity index (χ2n) is 6.35. The van der Waals surface area contributed by atoms with Crippen LogP contribution in [0.15, 0.2) is 52.5 Å². The number of ether oxygens (including phenoxy) is 1. The molecule has 0 saturated carbocycles. The normalized spacial score (nSPS) is 17.3. The van der Waals surface area contributed by atoms with Crippen molar-refractivity contribution in [1.29, 1.82) is 0 Å². The Bertz CT molecular complexity index is 985. The van der Waals surface area contributed by atoms with Crippen LogP contribution in [0.2, 0.25) is 0 Å². The van der Waals surface area contributed by atoms with Crippen LogP contribution in [0.5, 0.6) is 5.88 Å². The largest absolute Gasteiger partial charge is 0.481 e. The fourth-order valence-electron chi connectivity index (χ4n) is 2.67. The van der Waals surface area contributed by atoms with E-state index in [1.54, 1.807) is 30.3 Å². The minimum Gasteiger partial charge on any atom is -0.481 e. The minimum atomic E-state index is -3.65. The van der Waals surface area contributed by atoms with Gasteiger partial charge in [0.15, 0.2) is 0 Å². The van der Waals surface area contributed by atoms with E-state index >= 15 is 0 Å². The monoisotopic (exact) mass is 388 g/mol. The number of amidine groups is 1. The number of carbonyl (C=O) groups is 1. The molecule has 1 aromatic carbocycles. The first-order valence-electron chi connectivity index (χ1n) is 8.33. The maximum atomic E-state index is 12.7. The maximum Gasteiger partial charge on any atom is 0.263 e. The smallest absolute Gasteiger partial charge is 0.263 e. The molecule has 8 nitrogen and oxygen atoms in total. The molecule has 1 aliphatic heterocycles. The van der Waals surface area contributed by atoms with E-state index in [9.17, 15) is 13.2 Å².